The molecule has 0 amide bonds. The Morgan fingerprint density at radius 2 is 2.44 bits per heavy atom. The van der Waals surface area contributed by atoms with Crippen molar-refractivity contribution in [2.75, 3.05) is 19.8 Å². The third kappa shape index (κ3) is 2.24. The maximum absolute atomic E-state index is 5.56. The normalized spacial score (nSPS) is 19.5. The fraction of sp³-hybridized carbons (Fsp3) is 0.636. The highest BCUT2D eigenvalue weighted by Crippen LogP contribution is 2.29. The van der Waals surface area contributed by atoms with Gasteiger partial charge in [0.05, 0.1) is 12.8 Å². The quantitative estimate of drug-likeness (QED) is 0.816. The van der Waals surface area contributed by atoms with E-state index in [0.717, 1.165) is 24.8 Å². The molecule has 3 rings (SSSR count). The van der Waals surface area contributed by atoms with Crippen LogP contribution in [0.5, 0.6) is 11.8 Å². The second kappa shape index (κ2) is 4.25. The maximum Gasteiger partial charge on any atom is 0.240 e. The first-order valence-corrected chi connectivity index (χ1v) is 5.74. The maximum atomic E-state index is 5.56. The van der Waals surface area contributed by atoms with Crippen molar-refractivity contribution >= 4 is 0 Å². The van der Waals surface area contributed by atoms with Gasteiger partial charge in [0.1, 0.15) is 12.3 Å². The van der Waals surface area contributed by atoms with E-state index < -0.39 is 0 Å². The van der Waals surface area contributed by atoms with E-state index in [1.807, 2.05) is 0 Å². The zero-order valence-electron chi connectivity index (χ0n) is 9.11. The Bertz CT molecular complexity index is 379. The van der Waals surface area contributed by atoms with Crippen molar-refractivity contribution in [2.45, 2.75) is 19.4 Å². The molecule has 1 N–H and O–H groups in total. The molecule has 0 bridgehead atoms. The molecule has 1 aromatic heterocycles. The number of hydrogen-bond donors (Lipinski definition) is 1. The van der Waals surface area contributed by atoms with Crippen molar-refractivity contribution in [3.05, 3.63) is 11.9 Å². The lowest BCUT2D eigenvalue weighted by Crippen LogP contribution is -2.16. The summed E-state index contributed by atoms with van der Waals surface area (Å²) in [5.41, 5.74) is 0.858. The predicted octanol–water partition coefficient (Wildman–Crippen LogP) is 0.747. The summed E-state index contributed by atoms with van der Waals surface area (Å²) in [7, 11) is 0. The van der Waals surface area contributed by atoms with Crippen molar-refractivity contribution in [1.29, 1.82) is 0 Å². The summed E-state index contributed by atoms with van der Waals surface area (Å²) >= 11 is 0. The van der Waals surface area contributed by atoms with Crippen LogP contribution in [0, 0.1) is 5.92 Å². The fourth-order valence-corrected chi connectivity index (χ4v) is 1.60. The average Bonchev–Trinajstić information content (AvgIpc) is 3.13. The Hall–Kier alpha value is -1.36. The van der Waals surface area contributed by atoms with E-state index in [2.05, 4.69) is 15.3 Å². The second-order valence-electron chi connectivity index (χ2n) is 4.24. The van der Waals surface area contributed by atoms with Gasteiger partial charge in [-0.05, 0) is 18.8 Å². The van der Waals surface area contributed by atoms with Gasteiger partial charge in [0.15, 0.2) is 0 Å². The monoisotopic (exact) mass is 221 g/mol. The van der Waals surface area contributed by atoms with E-state index in [9.17, 15) is 0 Å². The van der Waals surface area contributed by atoms with Crippen LogP contribution in [0.15, 0.2) is 6.20 Å². The van der Waals surface area contributed by atoms with E-state index >= 15 is 0 Å². The molecule has 0 saturated heterocycles. The van der Waals surface area contributed by atoms with E-state index in [1.165, 1.54) is 12.8 Å². The summed E-state index contributed by atoms with van der Waals surface area (Å²) in [6.07, 6.45) is 4.23. The summed E-state index contributed by atoms with van der Waals surface area (Å²) in [6.45, 7) is 2.93. The minimum absolute atomic E-state index is 0.576. The molecule has 1 fully saturated rings. The molecule has 0 atom stereocenters. The molecule has 1 saturated carbocycles. The van der Waals surface area contributed by atoms with Gasteiger partial charge in [-0.25, -0.2) is 4.98 Å². The van der Waals surface area contributed by atoms with Crippen LogP contribution in [0.3, 0.4) is 0 Å². The summed E-state index contributed by atoms with van der Waals surface area (Å²) in [5, 5.41) is 3.21. The van der Waals surface area contributed by atoms with Crippen LogP contribution in [0.1, 0.15) is 18.5 Å². The molecular formula is C11H15N3O2. The molecule has 2 heterocycles. The van der Waals surface area contributed by atoms with Gasteiger partial charge in [0.25, 0.3) is 0 Å². The van der Waals surface area contributed by atoms with Crippen LogP contribution in [0.25, 0.3) is 0 Å². The van der Waals surface area contributed by atoms with Crippen molar-refractivity contribution < 1.29 is 9.47 Å². The number of aromatic nitrogens is 2. The molecule has 1 aliphatic heterocycles. The number of fused-ring (bicyclic) bond motifs is 1. The van der Waals surface area contributed by atoms with Crippen LogP contribution in [-0.4, -0.2) is 29.7 Å². The predicted molar refractivity (Wildman–Crippen MR) is 57.5 cm³/mol. The van der Waals surface area contributed by atoms with Gasteiger partial charge in [-0.1, -0.05) is 0 Å². The van der Waals surface area contributed by atoms with Crippen LogP contribution in [0.4, 0.5) is 0 Å². The topological polar surface area (TPSA) is 56.3 Å². The summed E-state index contributed by atoms with van der Waals surface area (Å²) in [5.74, 6) is 1.91. The van der Waals surface area contributed by atoms with Crippen LogP contribution in [0.2, 0.25) is 0 Å². The number of hydrogen-bond acceptors (Lipinski definition) is 5. The largest absolute Gasteiger partial charge is 0.476 e. The summed E-state index contributed by atoms with van der Waals surface area (Å²) in [6, 6.07) is 0. The Kier molecular flexibility index (Phi) is 2.61. The Morgan fingerprint density at radius 3 is 3.31 bits per heavy atom. The van der Waals surface area contributed by atoms with Gasteiger partial charge in [-0.3, -0.25) is 0 Å². The first kappa shape index (κ1) is 9.84. The van der Waals surface area contributed by atoms with Gasteiger partial charge < -0.3 is 14.8 Å². The van der Waals surface area contributed by atoms with Crippen LogP contribution < -0.4 is 14.8 Å². The molecular weight excluding hydrogens is 206 g/mol. The molecule has 5 nitrogen and oxygen atoms in total. The SMILES string of the molecule is c1nc2c(nc1OCC1CC1)OCCNC2. The molecule has 16 heavy (non-hydrogen) atoms. The lowest BCUT2D eigenvalue weighted by Gasteiger charge is -2.07. The van der Waals surface area contributed by atoms with Gasteiger partial charge in [0.2, 0.25) is 11.8 Å². The van der Waals surface area contributed by atoms with Gasteiger partial charge in [-0.15, -0.1) is 0 Å². The number of nitrogens with zero attached hydrogens (tertiary/aromatic N) is 2. The smallest absolute Gasteiger partial charge is 0.240 e. The van der Waals surface area contributed by atoms with Crippen molar-refractivity contribution in [1.82, 2.24) is 15.3 Å². The number of ether oxygens (including phenoxy) is 2. The highest BCUT2D eigenvalue weighted by atomic mass is 16.5. The number of nitrogens with one attached hydrogen (secondary N) is 1. The number of rotatable bonds is 3. The van der Waals surface area contributed by atoms with Crippen molar-refractivity contribution in [3.8, 4) is 11.8 Å². The zero-order valence-corrected chi connectivity index (χ0v) is 9.11. The van der Waals surface area contributed by atoms with Gasteiger partial charge >= 0.3 is 0 Å². The third-order valence-electron chi connectivity index (χ3n) is 2.76. The molecule has 0 unspecified atom stereocenters. The lowest BCUT2D eigenvalue weighted by molar-refractivity contribution is 0.271. The Balaban J connectivity index is 1.71. The average molecular weight is 221 g/mol. The van der Waals surface area contributed by atoms with Crippen molar-refractivity contribution in [2.24, 2.45) is 5.92 Å². The fourth-order valence-electron chi connectivity index (χ4n) is 1.60. The zero-order chi connectivity index (χ0) is 10.8. The molecule has 5 heteroatoms. The highest BCUT2D eigenvalue weighted by Gasteiger charge is 2.22. The molecule has 0 spiro atoms. The van der Waals surface area contributed by atoms with Crippen LogP contribution >= 0.6 is 0 Å². The molecule has 0 aromatic carbocycles. The molecule has 2 aliphatic rings. The third-order valence-corrected chi connectivity index (χ3v) is 2.76. The van der Waals surface area contributed by atoms with Gasteiger partial charge in [0, 0.05) is 13.1 Å². The molecule has 0 radical (unpaired) electrons. The molecule has 1 aliphatic carbocycles. The minimum Gasteiger partial charge on any atom is -0.476 e. The van der Waals surface area contributed by atoms with Crippen molar-refractivity contribution in [3.63, 3.8) is 0 Å². The summed E-state index contributed by atoms with van der Waals surface area (Å²) < 4.78 is 11.1. The Labute approximate surface area is 94.2 Å². The van der Waals surface area contributed by atoms with E-state index in [4.69, 9.17) is 9.47 Å². The first-order valence-electron chi connectivity index (χ1n) is 5.74. The summed E-state index contributed by atoms with van der Waals surface area (Å²) in [4.78, 5) is 8.63. The first-order chi connectivity index (χ1) is 7.92. The second-order valence-corrected chi connectivity index (χ2v) is 4.24. The standard InChI is InChI=1S/C11H15N3O2/c1-2-8(1)7-16-10-6-13-9-5-12-3-4-15-11(9)14-10/h6,8,12H,1-5,7H2. The highest BCUT2D eigenvalue weighted by molar-refractivity contribution is 5.23. The van der Waals surface area contributed by atoms with E-state index in [-0.39, 0.29) is 0 Å². The molecule has 86 valence electrons. The van der Waals surface area contributed by atoms with E-state index in [0.29, 0.717) is 24.9 Å². The van der Waals surface area contributed by atoms with Gasteiger partial charge in [-0.2, -0.15) is 4.98 Å². The lowest BCUT2D eigenvalue weighted by atomic mass is 10.4. The molecule has 1 aromatic rings. The Morgan fingerprint density at radius 1 is 1.50 bits per heavy atom. The minimum atomic E-state index is 0.576. The van der Waals surface area contributed by atoms with Crippen LogP contribution in [-0.2, 0) is 6.54 Å². The van der Waals surface area contributed by atoms with E-state index in [1.54, 1.807) is 6.20 Å².